The minimum atomic E-state index is -1.14. The predicted molar refractivity (Wildman–Crippen MR) is 142 cm³/mol. The van der Waals surface area contributed by atoms with Crippen LogP contribution < -0.4 is 10.6 Å². The molecule has 0 aliphatic carbocycles. The first-order valence-electron chi connectivity index (χ1n) is 12.4. The summed E-state index contributed by atoms with van der Waals surface area (Å²) in [7, 11) is 0. The van der Waals surface area contributed by atoms with Crippen molar-refractivity contribution in [3.8, 4) is 5.75 Å². The van der Waals surface area contributed by atoms with Crippen molar-refractivity contribution in [2.75, 3.05) is 18.5 Å². The average Bonchev–Trinajstić information content (AvgIpc) is 2.79. The topological polar surface area (TPSA) is 128 Å². The fraction of sp³-hybridized carbons (Fsp3) is 0.464. The van der Waals surface area contributed by atoms with Crippen LogP contribution >= 0.6 is 0 Å². The summed E-state index contributed by atoms with van der Waals surface area (Å²) in [6.45, 7) is 10.3. The Bertz CT molecular complexity index is 1060. The number of phenolic OH excluding ortho intramolecular Hbond substituents is 1. The van der Waals surface area contributed by atoms with Crippen LogP contribution in [0.4, 0.5) is 10.5 Å². The van der Waals surface area contributed by atoms with E-state index < -0.39 is 42.2 Å². The maximum absolute atomic E-state index is 13.9. The number of anilines is 1. The summed E-state index contributed by atoms with van der Waals surface area (Å²) in [4.78, 5) is 41.4. The first kappa shape index (κ1) is 29.6. The van der Waals surface area contributed by atoms with Crippen molar-refractivity contribution in [3.05, 3.63) is 59.7 Å². The van der Waals surface area contributed by atoms with Crippen molar-refractivity contribution < 1.29 is 29.3 Å². The van der Waals surface area contributed by atoms with Gasteiger partial charge in [-0.15, -0.1) is 0 Å². The number of alkyl carbamates (subject to hydrolysis) is 1. The van der Waals surface area contributed by atoms with Gasteiger partial charge in [-0.25, -0.2) is 4.79 Å². The van der Waals surface area contributed by atoms with E-state index in [4.69, 9.17) is 4.74 Å². The van der Waals surface area contributed by atoms with Crippen LogP contribution in [0, 0.1) is 12.8 Å². The Morgan fingerprint density at radius 2 is 1.65 bits per heavy atom. The highest BCUT2D eigenvalue weighted by Gasteiger charge is 2.36. The number of hydrogen-bond donors (Lipinski definition) is 4. The third kappa shape index (κ3) is 9.09. The Hall–Kier alpha value is -3.59. The minimum Gasteiger partial charge on any atom is -0.508 e. The van der Waals surface area contributed by atoms with E-state index >= 15 is 0 Å². The quantitative estimate of drug-likeness (QED) is 0.378. The monoisotopic (exact) mass is 513 g/mol. The molecule has 0 aliphatic rings. The minimum absolute atomic E-state index is 0.00567. The molecule has 0 aliphatic heterocycles. The molecule has 2 unspecified atom stereocenters. The second kappa shape index (κ2) is 13.1. The summed E-state index contributed by atoms with van der Waals surface area (Å²) in [5.41, 5.74) is 1.09. The zero-order valence-corrected chi connectivity index (χ0v) is 22.4. The number of carbonyl (C=O) groups excluding carboxylic acids is 3. The van der Waals surface area contributed by atoms with Crippen LogP contribution in [0.3, 0.4) is 0 Å². The van der Waals surface area contributed by atoms with Crippen LogP contribution in [0.2, 0.25) is 0 Å². The SMILES string of the molecule is Cc1ccccc1NC(=O)C(c1ccc(O)cc1)N(CCO)C(=O)C(CC(C)C)NC(=O)OC(C)(C)C. The largest absolute Gasteiger partial charge is 0.508 e. The zero-order valence-electron chi connectivity index (χ0n) is 22.4. The molecule has 202 valence electrons. The Kier molecular flexibility index (Phi) is 10.5. The van der Waals surface area contributed by atoms with E-state index in [2.05, 4.69) is 10.6 Å². The van der Waals surface area contributed by atoms with Crippen molar-refractivity contribution in [2.45, 2.75) is 65.6 Å². The summed E-state index contributed by atoms with van der Waals surface area (Å²) in [5.74, 6) is -0.993. The standard InChI is InChI=1S/C28H39N3O6/c1-18(2)17-23(30-27(36)37-28(4,5)6)26(35)31(15-16-32)24(20-11-13-21(33)14-12-20)25(34)29-22-10-8-7-9-19(22)3/h7-14,18,23-24,32-33H,15-17H2,1-6H3,(H,29,34)(H,30,36). The van der Waals surface area contributed by atoms with Crippen LogP contribution in [0.25, 0.3) is 0 Å². The van der Waals surface area contributed by atoms with Gasteiger partial charge in [-0.1, -0.05) is 44.2 Å². The molecule has 3 amide bonds. The first-order chi connectivity index (χ1) is 17.3. The van der Waals surface area contributed by atoms with Crippen LogP contribution in [-0.4, -0.2) is 57.8 Å². The highest BCUT2D eigenvalue weighted by molar-refractivity contribution is 5.99. The molecule has 37 heavy (non-hydrogen) atoms. The Labute approximate surface area is 218 Å². The average molecular weight is 514 g/mol. The summed E-state index contributed by atoms with van der Waals surface area (Å²) in [5, 5.41) is 25.2. The molecule has 2 aromatic carbocycles. The second-order valence-electron chi connectivity index (χ2n) is 10.4. The number of rotatable bonds is 10. The highest BCUT2D eigenvalue weighted by Crippen LogP contribution is 2.27. The molecule has 9 heteroatoms. The molecule has 0 heterocycles. The number of aliphatic hydroxyl groups is 1. The normalized spacial score (nSPS) is 13.0. The number of nitrogens with one attached hydrogen (secondary N) is 2. The second-order valence-corrected chi connectivity index (χ2v) is 10.4. The molecular weight excluding hydrogens is 474 g/mol. The molecule has 0 spiro atoms. The van der Waals surface area contributed by atoms with Crippen LogP contribution in [0.1, 0.15) is 58.2 Å². The molecule has 0 fully saturated rings. The first-order valence-corrected chi connectivity index (χ1v) is 12.4. The van der Waals surface area contributed by atoms with Gasteiger partial charge in [-0.2, -0.15) is 0 Å². The van der Waals surface area contributed by atoms with Crippen molar-refractivity contribution in [2.24, 2.45) is 5.92 Å². The number of para-hydroxylation sites is 1. The predicted octanol–water partition coefficient (Wildman–Crippen LogP) is 4.14. The van der Waals surface area contributed by atoms with Gasteiger partial charge in [-0.05, 0) is 69.4 Å². The fourth-order valence-corrected chi connectivity index (χ4v) is 3.86. The smallest absolute Gasteiger partial charge is 0.408 e. The number of aliphatic hydroxyl groups excluding tert-OH is 1. The Balaban J connectivity index is 2.49. The summed E-state index contributed by atoms with van der Waals surface area (Å²) in [6, 6.07) is 11.1. The molecule has 2 atom stereocenters. The highest BCUT2D eigenvalue weighted by atomic mass is 16.6. The van der Waals surface area contributed by atoms with E-state index in [1.165, 1.54) is 17.0 Å². The molecule has 0 saturated carbocycles. The molecule has 0 aromatic heterocycles. The number of nitrogens with zero attached hydrogens (tertiary/aromatic N) is 1. The number of carbonyl (C=O) groups is 3. The van der Waals surface area contributed by atoms with Gasteiger partial charge in [0.2, 0.25) is 5.91 Å². The maximum Gasteiger partial charge on any atom is 0.408 e. The number of benzene rings is 2. The lowest BCUT2D eigenvalue weighted by Gasteiger charge is -2.34. The molecule has 2 rings (SSSR count). The molecule has 9 nitrogen and oxygen atoms in total. The van der Waals surface area contributed by atoms with Crippen molar-refractivity contribution >= 4 is 23.6 Å². The molecular formula is C28H39N3O6. The van der Waals surface area contributed by atoms with Gasteiger partial charge >= 0.3 is 6.09 Å². The van der Waals surface area contributed by atoms with Crippen LogP contribution in [0.5, 0.6) is 5.75 Å². The fourth-order valence-electron chi connectivity index (χ4n) is 3.86. The summed E-state index contributed by atoms with van der Waals surface area (Å²) >= 11 is 0. The van der Waals surface area contributed by atoms with Gasteiger partial charge in [0.1, 0.15) is 23.4 Å². The van der Waals surface area contributed by atoms with Crippen LogP contribution in [-0.2, 0) is 14.3 Å². The maximum atomic E-state index is 13.9. The van der Waals surface area contributed by atoms with E-state index in [9.17, 15) is 24.6 Å². The number of aromatic hydroxyl groups is 1. The summed E-state index contributed by atoms with van der Waals surface area (Å²) in [6.07, 6.45) is -0.456. The molecule has 0 saturated heterocycles. The molecule has 4 N–H and O–H groups in total. The van der Waals surface area contributed by atoms with Crippen molar-refractivity contribution in [1.82, 2.24) is 10.2 Å². The van der Waals surface area contributed by atoms with Crippen LogP contribution in [0.15, 0.2) is 48.5 Å². The number of hydrogen-bond acceptors (Lipinski definition) is 6. The number of aryl methyl sites for hydroxylation is 1. The molecule has 0 radical (unpaired) electrons. The molecule has 0 bridgehead atoms. The lowest BCUT2D eigenvalue weighted by Crippen LogP contribution is -2.53. The third-order valence-electron chi connectivity index (χ3n) is 5.49. The third-order valence-corrected chi connectivity index (χ3v) is 5.49. The van der Waals surface area contributed by atoms with Gasteiger partial charge < -0.3 is 30.5 Å². The Morgan fingerprint density at radius 1 is 1.03 bits per heavy atom. The van der Waals surface area contributed by atoms with E-state index in [-0.39, 0.29) is 18.2 Å². The zero-order chi connectivity index (χ0) is 27.8. The van der Waals surface area contributed by atoms with Gasteiger partial charge in [0.05, 0.1) is 6.61 Å². The van der Waals surface area contributed by atoms with E-state index in [1.54, 1.807) is 45.0 Å². The Morgan fingerprint density at radius 3 is 2.19 bits per heavy atom. The number of ether oxygens (including phenoxy) is 1. The van der Waals surface area contributed by atoms with Gasteiger partial charge in [0.15, 0.2) is 0 Å². The van der Waals surface area contributed by atoms with E-state index in [0.717, 1.165) is 5.56 Å². The lowest BCUT2D eigenvalue weighted by molar-refractivity contribution is -0.141. The van der Waals surface area contributed by atoms with E-state index in [1.807, 2.05) is 32.9 Å². The van der Waals surface area contributed by atoms with Crippen molar-refractivity contribution in [1.29, 1.82) is 0 Å². The summed E-state index contributed by atoms with van der Waals surface area (Å²) < 4.78 is 5.36. The van der Waals surface area contributed by atoms with E-state index in [0.29, 0.717) is 17.7 Å². The van der Waals surface area contributed by atoms with Crippen molar-refractivity contribution in [3.63, 3.8) is 0 Å². The van der Waals surface area contributed by atoms with Gasteiger partial charge in [-0.3, -0.25) is 9.59 Å². The number of phenols is 1. The molecule has 2 aromatic rings. The lowest BCUT2D eigenvalue weighted by atomic mass is 9.99. The number of amides is 3. The van der Waals surface area contributed by atoms with Gasteiger partial charge in [0.25, 0.3) is 5.91 Å². The van der Waals surface area contributed by atoms with Gasteiger partial charge in [0, 0.05) is 12.2 Å².